The van der Waals surface area contributed by atoms with E-state index in [9.17, 15) is 9.59 Å². The van der Waals surface area contributed by atoms with Crippen molar-refractivity contribution in [3.8, 4) is 0 Å². The number of carbonyl (C=O) groups is 2. The van der Waals surface area contributed by atoms with Gasteiger partial charge in [-0.3, -0.25) is 9.59 Å². The van der Waals surface area contributed by atoms with Crippen molar-refractivity contribution in [1.29, 1.82) is 0 Å². The predicted octanol–water partition coefficient (Wildman–Crippen LogP) is 4.87. The van der Waals surface area contributed by atoms with E-state index < -0.39 is 0 Å². The van der Waals surface area contributed by atoms with Gasteiger partial charge in [0, 0.05) is 26.2 Å². The van der Waals surface area contributed by atoms with Crippen molar-refractivity contribution in [3.05, 3.63) is 144 Å². The number of amides is 2. The van der Waals surface area contributed by atoms with Crippen LogP contribution in [-0.4, -0.2) is 46.8 Å². The summed E-state index contributed by atoms with van der Waals surface area (Å²) in [6.45, 7) is 2.28. The minimum absolute atomic E-state index is 0.0684. The molecule has 1 saturated heterocycles. The zero-order valence-corrected chi connectivity index (χ0v) is 22.2. The van der Waals surface area contributed by atoms with Crippen LogP contribution in [0.1, 0.15) is 22.3 Å². The molecule has 2 unspecified atom stereocenters. The molecule has 2 atom stereocenters. The van der Waals surface area contributed by atoms with Crippen LogP contribution in [0.5, 0.6) is 0 Å². The molecule has 1 aliphatic rings. The predicted molar refractivity (Wildman–Crippen MR) is 155 cm³/mol. The lowest BCUT2D eigenvalue weighted by Crippen LogP contribution is -2.54. The van der Waals surface area contributed by atoms with E-state index in [1.54, 1.807) is 0 Å². The monoisotopic (exact) mass is 517 g/mol. The molecular weight excluding hydrogens is 482 g/mol. The molecule has 1 fully saturated rings. The molecule has 0 aromatic heterocycles. The molecule has 2 amide bonds. The standard InChI is InChI=1S/C34H35N3O2/c38-33(21-27-13-5-1-6-14-27)36(25-29-17-9-3-10-18-29)31-23-35-24-32(31)37(26-30-19-11-4-12-20-30)34(39)22-28-15-7-2-8-16-28/h1-20,31-32,35H,21-26H2. The van der Waals surface area contributed by atoms with Gasteiger partial charge >= 0.3 is 0 Å². The number of hydrogen-bond acceptors (Lipinski definition) is 3. The number of nitrogens with one attached hydrogen (secondary N) is 1. The van der Waals surface area contributed by atoms with Crippen molar-refractivity contribution < 1.29 is 9.59 Å². The van der Waals surface area contributed by atoms with Crippen LogP contribution in [0.3, 0.4) is 0 Å². The first kappa shape index (κ1) is 26.4. The summed E-state index contributed by atoms with van der Waals surface area (Å²) in [6.07, 6.45) is 0.654. The highest BCUT2D eigenvalue weighted by atomic mass is 16.2. The first-order valence-corrected chi connectivity index (χ1v) is 13.6. The number of nitrogens with zero attached hydrogens (tertiary/aromatic N) is 2. The smallest absolute Gasteiger partial charge is 0.227 e. The van der Waals surface area contributed by atoms with Gasteiger partial charge in [0.05, 0.1) is 24.9 Å². The Kier molecular flexibility index (Phi) is 8.82. The first-order chi connectivity index (χ1) is 19.2. The minimum Gasteiger partial charge on any atom is -0.332 e. The van der Waals surface area contributed by atoms with Gasteiger partial charge in [-0.25, -0.2) is 0 Å². The van der Waals surface area contributed by atoms with Gasteiger partial charge in [-0.1, -0.05) is 121 Å². The topological polar surface area (TPSA) is 52.7 Å². The van der Waals surface area contributed by atoms with E-state index >= 15 is 0 Å². The molecule has 4 aromatic rings. The second kappa shape index (κ2) is 13.0. The third-order valence-electron chi connectivity index (χ3n) is 7.38. The molecule has 0 radical (unpaired) electrons. The van der Waals surface area contributed by atoms with E-state index in [1.807, 2.05) is 107 Å². The second-order valence-corrected chi connectivity index (χ2v) is 10.1. The van der Waals surface area contributed by atoms with Gasteiger partial charge in [0.2, 0.25) is 11.8 Å². The summed E-state index contributed by atoms with van der Waals surface area (Å²) < 4.78 is 0. The largest absolute Gasteiger partial charge is 0.332 e. The Morgan fingerprint density at radius 3 is 1.15 bits per heavy atom. The Morgan fingerprint density at radius 1 is 0.513 bits per heavy atom. The van der Waals surface area contributed by atoms with Crippen molar-refractivity contribution in [2.24, 2.45) is 0 Å². The third kappa shape index (κ3) is 7.01. The highest BCUT2D eigenvalue weighted by molar-refractivity contribution is 5.81. The molecule has 5 nitrogen and oxygen atoms in total. The highest BCUT2D eigenvalue weighted by Gasteiger charge is 2.40. The van der Waals surface area contributed by atoms with Crippen LogP contribution in [0.25, 0.3) is 0 Å². The van der Waals surface area contributed by atoms with E-state index in [-0.39, 0.29) is 23.9 Å². The Bertz CT molecular complexity index is 1230. The number of carbonyl (C=O) groups excluding carboxylic acids is 2. The second-order valence-electron chi connectivity index (χ2n) is 10.1. The fourth-order valence-electron chi connectivity index (χ4n) is 5.37. The molecule has 198 valence electrons. The molecule has 1 aliphatic heterocycles. The summed E-state index contributed by atoms with van der Waals surface area (Å²) in [6, 6.07) is 39.7. The molecule has 0 aliphatic carbocycles. The summed E-state index contributed by atoms with van der Waals surface area (Å²) in [5.74, 6) is 0.137. The third-order valence-corrected chi connectivity index (χ3v) is 7.38. The Labute approximate surface area is 231 Å². The molecule has 0 spiro atoms. The molecule has 4 aromatic carbocycles. The van der Waals surface area contributed by atoms with Gasteiger partial charge in [0.25, 0.3) is 0 Å². The van der Waals surface area contributed by atoms with Gasteiger partial charge in [0.15, 0.2) is 0 Å². The maximum absolute atomic E-state index is 13.9. The van der Waals surface area contributed by atoms with Crippen molar-refractivity contribution >= 4 is 11.8 Å². The lowest BCUT2D eigenvalue weighted by Gasteiger charge is -2.39. The van der Waals surface area contributed by atoms with E-state index in [1.165, 1.54) is 0 Å². The Hall–Kier alpha value is -4.22. The lowest BCUT2D eigenvalue weighted by molar-refractivity contribution is -0.140. The van der Waals surface area contributed by atoms with E-state index in [2.05, 4.69) is 29.6 Å². The quantitative estimate of drug-likeness (QED) is 0.327. The average molecular weight is 518 g/mol. The molecule has 1 N–H and O–H groups in total. The number of rotatable bonds is 10. The summed E-state index contributed by atoms with van der Waals surface area (Å²) in [7, 11) is 0. The first-order valence-electron chi connectivity index (χ1n) is 13.6. The molecule has 0 saturated carbocycles. The Morgan fingerprint density at radius 2 is 0.821 bits per heavy atom. The van der Waals surface area contributed by atoms with E-state index in [0.29, 0.717) is 39.0 Å². The van der Waals surface area contributed by atoms with Crippen LogP contribution in [0.15, 0.2) is 121 Å². The normalized spacial score (nSPS) is 16.5. The van der Waals surface area contributed by atoms with Gasteiger partial charge in [0.1, 0.15) is 0 Å². The summed E-state index contributed by atoms with van der Waals surface area (Å²) in [4.78, 5) is 31.7. The molecular formula is C34H35N3O2. The van der Waals surface area contributed by atoms with Gasteiger partial charge < -0.3 is 15.1 Å². The molecule has 39 heavy (non-hydrogen) atoms. The van der Waals surface area contributed by atoms with Crippen LogP contribution in [-0.2, 0) is 35.5 Å². The van der Waals surface area contributed by atoms with Crippen molar-refractivity contribution in [1.82, 2.24) is 15.1 Å². The van der Waals surface area contributed by atoms with E-state index in [0.717, 1.165) is 22.3 Å². The lowest BCUT2D eigenvalue weighted by atomic mass is 10.0. The summed E-state index contributed by atoms with van der Waals surface area (Å²) in [5.41, 5.74) is 4.14. The molecule has 5 rings (SSSR count). The minimum atomic E-state index is -0.148. The fourth-order valence-corrected chi connectivity index (χ4v) is 5.37. The molecule has 0 bridgehead atoms. The van der Waals surface area contributed by atoms with Crippen LogP contribution in [0, 0.1) is 0 Å². The highest BCUT2D eigenvalue weighted by Crippen LogP contribution is 2.23. The summed E-state index contributed by atoms with van der Waals surface area (Å²) in [5, 5.41) is 3.50. The Balaban J connectivity index is 1.45. The SMILES string of the molecule is O=C(Cc1ccccc1)N(Cc1ccccc1)C1CNCC1N(Cc1ccccc1)C(=O)Cc1ccccc1. The van der Waals surface area contributed by atoms with Gasteiger partial charge in [-0.2, -0.15) is 0 Å². The number of benzene rings is 4. The van der Waals surface area contributed by atoms with Gasteiger partial charge in [-0.05, 0) is 22.3 Å². The van der Waals surface area contributed by atoms with Crippen molar-refractivity contribution in [2.45, 2.75) is 38.0 Å². The number of hydrogen-bond donors (Lipinski definition) is 1. The van der Waals surface area contributed by atoms with Crippen LogP contribution < -0.4 is 5.32 Å². The molecule has 1 heterocycles. The van der Waals surface area contributed by atoms with Crippen molar-refractivity contribution in [3.63, 3.8) is 0 Å². The van der Waals surface area contributed by atoms with Gasteiger partial charge in [-0.15, -0.1) is 0 Å². The zero-order valence-electron chi connectivity index (χ0n) is 22.2. The average Bonchev–Trinajstić information content (AvgIpc) is 3.46. The maximum atomic E-state index is 13.9. The maximum Gasteiger partial charge on any atom is 0.227 e. The van der Waals surface area contributed by atoms with E-state index in [4.69, 9.17) is 0 Å². The van der Waals surface area contributed by atoms with Crippen LogP contribution in [0.4, 0.5) is 0 Å². The van der Waals surface area contributed by atoms with Crippen LogP contribution in [0.2, 0.25) is 0 Å². The summed E-state index contributed by atoms with van der Waals surface area (Å²) >= 11 is 0. The molecule has 5 heteroatoms. The van der Waals surface area contributed by atoms with Crippen molar-refractivity contribution in [2.75, 3.05) is 13.1 Å². The zero-order chi connectivity index (χ0) is 26.9. The fraction of sp³-hybridized carbons (Fsp3) is 0.235. The van der Waals surface area contributed by atoms with Crippen LogP contribution >= 0.6 is 0 Å².